The Kier molecular flexibility index (Phi) is 1.29. The summed E-state index contributed by atoms with van der Waals surface area (Å²) in [6.45, 7) is 2.16. The smallest absolute Gasteiger partial charge is 0.102 e. The molecule has 48 valence electrons. The summed E-state index contributed by atoms with van der Waals surface area (Å²) in [6.07, 6.45) is 2.65. The molecule has 1 atom stereocenters. The average molecular weight is 115 g/mol. The Morgan fingerprint density at radius 1 is 1.75 bits per heavy atom. The van der Waals surface area contributed by atoms with Crippen LogP contribution in [0.3, 0.4) is 0 Å². The number of aliphatic hydroxyl groups excluding tert-OH is 1. The Hall–Kier alpha value is -0.0800. The summed E-state index contributed by atoms with van der Waals surface area (Å²) in [4.78, 5) is 0. The second-order valence-electron chi connectivity index (χ2n) is 3.08. The number of hydrogen-bond acceptors (Lipinski definition) is 2. The third-order valence-electron chi connectivity index (χ3n) is 1.81. The maximum Gasteiger partial charge on any atom is 0.102 e. The van der Waals surface area contributed by atoms with Crippen molar-refractivity contribution in [2.24, 2.45) is 11.1 Å². The Labute approximate surface area is 49.7 Å². The van der Waals surface area contributed by atoms with Crippen molar-refractivity contribution in [3.05, 3.63) is 0 Å². The van der Waals surface area contributed by atoms with Gasteiger partial charge in [0.05, 0.1) is 0 Å². The maximum atomic E-state index is 8.71. The van der Waals surface area contributed by atoms with Crippen LogP contribution in [-0.4, -0.2) is 11.3 Å². The first-order valence-corrected chi connectivity index (χ1v) is 3.06. The Balaban J connectivity index is 2.19. The van der Waals surface area contributed by atoms with Crippen molar-refractivity contribution in [3.63, 3.8) is 0 Å². The van der Waals surface area contributed by atoms with E-state index in [-0.39, 0.29) is 0 Å². The highest BCUT2D eigenvalue weighted by Crippen LogP contribution is 2.48. The van der Waals surface area contributed by atoms with E-state index < -0.39 is 6.23 Å². The second kappa shape index (κ2) is 1.71. The molecule has 0 aromatic carbocycles. The van der Waals surface area contributed by atoms with Gasteiger partial charge in [-0.2, -0.15) is 0 Å². The fourth-order valence-electron chi connectivity index (χ4n) is 0.922. The third kappa shape index (κ3) is 1.46. The standard InChI is InChI=1S/C6H13NO/c1-6(2-3-6)4-5(7)8/h5,8H,2-4,7H2,1H3. The SMILES string of the molecule is CC1(CC(N)O)CC1. The second-order valence-corrected chi connectivity index (χ2v) is 3.08. The van der Waals surface area contributed by atoms with Gasteiger partial charge < -0.3 is 10.8 Å². The number of aliphatic hydroxyl groups is 1. The van der Waals surface area contributed by atoms with E-state index in [0.29, 0.717) is 5.41 Å². The van der Waals surface area contributed by atoms with Gasteiger partial charge in [-0.05, 0) is 24.7 Å². The number of rotatable bonds is 2. The van der Waals surface area contributed by atoms with E-state index in [1.807, 2.05) is 0 Å². The largest absolute Gasteiger partial charge is 0.379 e. The van der Waals surface area contributed by atoms with Crippen molar-refractivity contribution >= 4 is 0 Å². The molecule has 0 saturated heterocycles. The zero-order valence-electron chi connectivity index (χ0n) is 5.22. The van der Waals surface area contributed by atoms with Crippen molar-refractivity contribution in [2.45, 2.75) is 32.4 Å². The molecule has 0 radical (unpaired) electrons. The van der Waals surface area contributed by atoms with Gasteiger partial charge in [-0.1, -0.05) is 6.92 Å². The van der Waals surface area contributed by atoms with Gasteiger partial charge in [0.25, 0.3) is 0 Å². The van der Waals surface area contributed by atoms with E-state index in [2.05, 4.69) is 6.92 Å². The van der Waals surface area contributed by atoms with Crippen LogP contribution in [0, 0.1) is 5.41 Å². The molecule has 0 heterocycles. The number of nitrogens with two attached hydrogens (primary N) is 1. The molecule has 3 N–H and O–H groups in total. The van der Waals surface area contributed by atoms with Gasteiger partial charge in [-0.15, -0.1) is 0 Å². The van der Waals surface area contributed by atoms with E-state index in [4.69, 9.17) is 10.8 Å². The zero-order chi connectivity index (χ0) is 6.20. The van der Waals surface area contributed by atoms with Crippen molar-refractivity contribution in [1.82, 2.24) is 0 Å². The van der Waals surface area contributed by atoms with E-state index in [1.165, 1.54) is 12.8 Å². The van der Waals surface area contributed by atoms with Crippen molar-refractivity contribution in [3.8, 4) is 0 Å². The molecule has 1 rings (SSSR count). The summed E-state index contributed by atoms with van der Waals surface area (Å²) in [5, 5.41) is 8.71. The van der Waals surface area contributed by atoms with Crippen LogP contribution in [0.25, 0.3) is 0 Å². The predicted molar refractivity (Wildman–Crippen MR) is 32.2 cm³/mol. The number of hydrogen-bond donors (Lipinski definition) is 2. The first kappa shape index (κ1) is 6.05. The van der Waals surface area contributed by atoms with Gasteiger partial charge in [0.1, 0.15) is 6.23 Å². The van der Waals surface area contributed by atoms with Gasteiger partial charge in [0, 0.05) is 0 Å². The molecular weight excluding hydrogens is 102 g/mol. The monoisotopic (exact) mass is 115 g/mol. The normalized spacial score (nSPS) is 27.4. The fourth-order valence-corrected chi connectivity index (χ4v) is 0.922. The van der Waals surface area contributed by atoms with Crippen molar-refractivity contribution in [1.29, 1.82) is 0 Å². The highest BCUT2D eigenvalue weighted by atomic mass is 16.3. The molecule has 1 aliphatic rings. The molecule has 0 bridgehead atoms. The lowest BCUT2D eigenvalue weighted by Crippen LogP contribution is -2.21. The summed E-state index contributed by atoms with van der Waals surface area (Å²) < 4.78 is 0. The van der Waals surface area contributed by atoms with Crippen LogP contribution in [0.2, 0.25) is 0 Å². The topological polar surface area (TPSA) is 46.2 Å². The highest BCUT2D eigenvalue weighted by molar-refractivity contribution is 4.89. The van der Waals surface area contributed by atoms with Gasteiger partial charge in [0.2, 0.25) is 0 Å². The summed E-state index contributed by atoms with van der Waals surface area (Å²) in [7, 11) is 0. The Bertz CT molecular complexity index is 86.5. The molecule has 2 heteroatoms. The fraction of sp³-hybridized carbons (Fsp3) is 1.00. The lowest BCUT2D eigenvalue weighted by molar-refractivity contribution is 0.147. The average Bonchev–Trinajstić information content (AvgIpc) is 2.17. The van der Waals surface area contributed by atoms with Gasteiger partial charge in [-0.25, -0.2) is 0 Å². The molecule has 0 aromatic rings. The lowest BCUT2D eigenvalue weighted by atomic mass is 10.1. The summed E-state index contributed by atoms with van der Waals surface area (Å²) >= 11 is 0. The first-order chi connectivity index (χ1) is 3.62. The molecule has 1 unspecified atom stereocenters. The predicted octanol–water partition coefficient (Wildman–Crippen LogP) is 0.454. The minimum atomic E-state index is -0.595. The van der Waals surface area contributed by atoms with E-state index in [0.717, 1.165) is 6.42 Å². The molecule has 0 aliphatic heterocycles. The van der Waals surface area contributed by atoms with E-state index in [9.17, 15) is 0 Å². The molecule has 0 aromatic heterocycles. The summed E-state index contributed by atoms with van der Waals surface area (Å²) in [5.74, 6) is 0. The summed E-state index contributed by atoms with van der Waals surface area (Å²) in [5.41, 5.74) is 5.57. The zero-order valence-corrected chi connectivity index (χ0v) is 5.22. The van der Waals surface area contributed by atoms with Gasteiger partial charge in [0.15, 0.2) is 0 Å². The molecule has 1 saturated carbocycles. The van der Waals surface area contributed by atoms with Crippen LogP contribution in [0.4, 0.5) is 0 Å². The van der Waals surface area contributed by atoms with E-state index in [1.54, 1.807) is 0 Å². The van der Waals surface area contributed by atoms with Crippen molar-refractivity contribution < 1.29 is 5.11 Å². The minimum Gasteiger partial charge on any atom is -0.379 e. The first-order valence-electron chi connectivity index (χ1n) is 3.06. The Morgan fingerprint density at radius 2 is 2.25 bits per heavy atom. The minimum absolute atomic E-state index is 0.397. The Morgan fingerprint density at radius 3 is 2.38 bits per heavy atom. The third-order valence-corrected chi connectivity index (χ3v) is 1.81. The molecule has 2 nitrogen and oxygen atoms in total. The van der Waals surface area contributed by atoms with Crippen LogP contribution < -0.4 is 5.73 Å². The molecule has 0 spiro atoms. The lowest BCUT2D eigenvalue weighted by Gasteiger charge is -2.08. The van der Waals surface area contributed by atoms with Crippen LogP contribution in [0.1, 0.15) is 26.2 Å². The van der Waals surface area contributed by atoms with Gasteiger partial charge in [-0.3, -0.25) is 0 Å². The quantitative estimate of drug-likeness (QED) is 0.513. The maximum absolute atomic E-state index is 8.71. The molecular formula is C6H13NO. The van der Waals surface area contributed by atoms with Crippen LogP contribution in [-0.2, 0) is 0 Å². The molecule has 1 aliphatic carbocycles. The summed E-state index contributed by atoms with van der Waals surface area (Å²) in [6, 6.07) is 0. The molecule has 1 fully saturated rings. The van der Waals surface area contributed by atoms with Crippen molar-refractivity contribution in [2.75, 3.05) is 0 Å². The van der Waals surface area contributed by atoms with Gasteiger partial charge >= 0.3 is 0 Å². The van der Waals surface area contributed by atoms with Crippen LogP contribution in [0.5, 0.6) is 0 Å². The molecule has 0 amide bonds. The van der Waals surface area contributed by atoms with Crippen LogP contribution >= 0.6 is 0 Å². The molecule has 8 heavy (non-hydrogen) atoms. The van der Waals surface area contributed by atoms with E-state index >= 15 is 0 Å². The van der Waals surface area contributed by atoms with Crippen LogP contribution in [0.15, 0.2) is 0 Å². The highest BCUT2D eigenvalue weighted by Gasteiger charge is 2.37.